The van der Waals surface area contributed by atoms with Crippen LogP contribution in [0.1, 0.15) is 56.1 Å². The number of alkyl carbamates (subject to hydrolysis) is 1. The molecule has 1 aliphatic heterocycles. The van der Waals surface area contributed by atoms with Crippen LogP contribution in [0.25, 0.3) is 11.1 Å². The van der Waals surface area contributed by atoms with E-state index in [1.54, 1.807) is 6.92 Å². The van der Waals surface area contributed by atoms with E-state index in [9.17, 15) is 19.5 Å². The summed E-state index contributed by atoms with van der Waals surface area (Å²) in [6, 6.07) is 16.4. The molecule has 2 aromatic carbocycles. The lowest BCUT2D eigenvalue weighted by atomic mass is 9.95. The molecule has 7 nitrogen and oxygen atoms in total. The molecule has 1 heterocycles. The van der Waals surface area contributed by atoms with Crippen molar-refractivity contribution in [2.24, 2.45) is 11.8 Å². The van der Waals surface area contributed by atoms with E-state index in [0.29, 0.717) is 31.8 Å². The van der Waals surface area contributed by atoms with E-state index in [-0.39, 0.29) is 30.8 Å². The molecular formula is C28H32N2O5. The number of benzene rings is 2. The molecular weight excluding hydrogens is 444 g/mol. The van der Waals surface area contributed by atoms with Gasteiger partial charge in [-0.1, -0.05) is 48.5 Å². The zero-order chi connectivity index (χ0) is 24.6. The second-order valence-corrected chi connectivity index (χ2v) is 10.2. The number of hydrogen-bond acceptors (Lipinski definition) is 4. The van der Waals surface area contributed by atoms with E-state index < -0.39 is 17.6 Å². The van der Waals surface area contributed by atoms with Crippen molar-refractivity contribution in [1.29, 1.82) is 0 Å². The van der Waals surface area contributed by atoms with Gasteiger partial charge in [0.15, 0.2) is 0 Å². The summed E-state index contributed by atoms with van der Waals surface area (Å²) in [5.74, 6) is -0.729. The summed E-state index contributed by atoms with van der Waals surface area (Å²) in [4.78, 5) is 38.9. The minimum atomic E-state index is -1.13. The Morgan fingerprint density at radius 2 is 1.71 bits per heavy atom. The van der Waals surface area contributed by atoms with Crippen molar-refractivity contribution in [2.75, 3.05) is 19.7 Å². The van der Waals surface area contributed by atoms with Gasteiger partial charge in [-0.05, 0) is 66.7 Å². The molecule has 2 atom stereocenters. The summed E-state index contributed by atoms with van der Waals surface area (Å²) in [5.41, 5.74) is 3.55. The van der Waals surface area contributed by atoms with Crippen LogP contribution in [-0.4, -0.2) is 53.2 Å². The number of aliphatic carboxylic acids is 1. The number of amides is 2. The lowest BCUT2D eigenvalue weighted by Gasteiger charge is -2.32. The summed E-state index contributed by atoms with van der Waals surface area (Å²) < 4.78 is 5.64. The predicted octanol–water partition coefficient (Wildman–Crippen LogP) is 4.41. The normalized spacial score (nSPS) is 21.8. The Morgan fingerprint density at radius 3 is 2.31 bits per heavy atom. The Labute approximate surface area is 205 Å². The van der Waals surface area contributed by atoms with Crippen molar-refractivity contribution in [1.82, 2.24) is 10.2 Å². The van der Waals surface area contributed by atoms with Gasteiger partial charge in [0.05, 0.1) is 0 Å². The van der Waals surface area contributed by atoms with E-state index in [1.165, 1.54) is 16.0 Å². The molecule has 35 heavy (non-hydrogen) atoms. The highest BCUT2D eigenvalue weighted by atomic mass is 16.5. The molecule has 2 unspecified atom stereocenters. The standard InChI is InChI=1S/C28H32N2O5/c1-28(26(32)33)13-6-14-30(28)25(31)15-19(18-11-12-18)16-29-27(34)35-17-24-22-9-4-2-7-20(22)21-8-3-5-10-23(21)24/h2-5,7-10,18-19,24H,6,11-17H2,1H3,(H,29,34)(H,32,33). The first kappa shape index (κ1) is 23.4. The minimum Gasteiger partial charge on any atom is -0.480 e. The zero-order valence-electron chi connectivity index (χ0n) is 20.0. The van der Waals surface area contributed by atoms with Gasteiger partial charge in [0.1, 0.15) is 12.1 Å². The van der Waals surface area contributed by atoms with Gasteiger partial charge in [0, 0.05) is 25.4 Å². The van der Waals surface area contributed by atoms with Gasteiger partial charge in [-0.2, -0.15) is 0 Å². The number of rotatable bonds is 8. The molecule has 5 rings (SSSR count). The Morgan fingerprint density at radius 1 is 1.09 bits per heavy atom. The Balaban J connectivity index is 1.17. The molecule has 2 aliphatic carbocycles. The second-order valence-electron chi connectivity index (χ2n) is 10.2. The number of likely N-dealkylation sites (tertiary alicyclic amines) is 1. The molecule has 3 aliphatic rings. The maximum Gasteiger partial charge on any atom is 0.407 e. The molecule has 0 bridgehead atoms. The third-order valence-electron chi connectivity index (χ3n) is 7.98. The van der Waals surface area contributed by atoms with Crippen molar-refractivity contribution in [3.8, 4) is 11.1 Å². The first-order chi connectivity index (χ1) is 16.9. The van der Waals surface area contributed by atoms with Gasteiger partial charge in [0.2, 0.25) is 5.91 Å². The van der Waals surface area contributed by atoms with Crippen molar-refractivity contribution < 1.29 is 24.2 Å². The van der Waals surface area contributed by atoms with Crippen LogP contribution in [0.4, 0.5) is 4.79 Å². The van der Waals surface area contributed by atoms with Crippen LogP contribution >= 0.6 is 0 Å². The average Bonchev–Trinajstić information content (AvgIpc) is 3.55. The number of carbonyl (C=O) groups excluding carboxylic acids is 2. The van der Waals surface area contributed by atoms with Crippen molar-refractivity contribution in [3.05, 3.63) is 59.7 Å². The van der Waals surface area contributed by atoms with Crippen molar-refractivity contribution >= 4 is 18.0 Å². The molecule has 0 spiro atoms. The second kappa shape index (κ2) is 9.36. The summed E-state index contributed by atoms with van der Waals surface area (Å²) in [5, 5.41) is 12.5. The lowest BCUT2D eigenvalue weighted by Crippen LogP contribution is -2.51. The Bertz CT molecular complexity index is 1100. The lowest BCUT2D eigenvalue weighted by molar-refractivity contribution is -0.155. The van der Waals surface area contributed by atoms with E-state index in [4.69, 9.17) is 4.74 Å². The summed E-state index contributed by atoms with van der Waals surface area (Å²) >= 11 is 0. The molecule has 2 fully saturated rings. The third-order valence-corrected chi connectivity index (χ3v) is 7.98. The number of nitrogens with zero attached hydrogens (tertiary/aromatic N) is 1. The first-order valence-corrected chi connectivity index (χ1v) is 12.5. The molecule has 2 amide bonds. The molecule has 7 heteroatoms. The predicted molar refractivity (Wildman–Crippen MR) is 131 cm³/mol. The van der Waals surface area contributed by atoms with Crippen LogP contribution in [0.15, 0.2) is 48.5 Å². The van der Waals surface area contributed by atoms with Crippen molar-refractivity contribution in [2.45, 2.75) is 50.5 Å². The molecule has 2 aromatic rings. The molecule has 184 valence electrons. The average molecular weight is 477 g/mol. The van der Waals surface area contributed by atoms with Crippen LogP contribution in [-0.2, 0) is 14.3 Å². The Kier molecular flexibility index (Phi) is 6.26. The van der Waals surface area contributed by atoms with E-state index >= 15 is 0 Å². The van der Waals surface area contributed by atoms with Gasteiger partial charge < -0.3 is 20.1 Å². The third kappa shape index (κ3) is 4.51. The number of fused-ring (bicyclic) bond motifs is 3. The van der Waals surface area contributed by atoms with Gasteiger partial charge >= 0.3 is 12.1 Å². The number of carboxylic acids is 1. The highest BCUT2D eigenvalue weighted by Crippen LogP contribution is 2.44. The summed E-state index contributed by atoms with van der Waals surface area (Å²) in [6.45, 7) is 2.70. The van der Waals surface area contributed by atoms with Crippen LogP contribution in [0.2, 0.25) is 0 Å². The fourth-order valence-corrected chi connectivity index (χ4v) is 5.76. The molecule has 1 saturated carbocycles. The van der Waals surface area contributed by atoms with Crippen molar-refractivity contribution in [3.63, 3.8) is 0 Å². The first-order valence-electron chi connectivity index (χ1n) is 12.5. The van der Waals surface area contributed by atoms with Gasteiger partial charge in [-0.3, -0.25) is 4.79 Å². The monoisotopic (exact) mass is 476 g/mol. The SMILES string of the molecule is CC1(C(=O)O)CCCN1C(=O)CC(CNC(=O)OCC1c2ccccc2-c2ccccc21)C1CC1. The topological polar surface area (TPSA) is 95.9 Å². The fourth-order valence-electron chi connectivity index (χ4n) is 5.76. The largest absolute Gasteiger partial charge is 0.480 e. The zero-order valence-corrected chi connectivity index (χ0v) is 20.0. The van der Waals surface area contributed by atoms with Gasteiger partial charge in [0.25, 0.3) is 0 Å². The number of hydrogen-bond donors (Lipinski definition) is 2. The quantitative estimate of drug-likeness (QED) is 0.589. The maximum atomic E-state index is 13.0. The van der Waals surface area contributed by atoms with Crippen LogP contribution < -0.4 is 5.32 Å². The molecule has 2 N–H and O–H groups in total. The minimum absolute atomic E-state index is 0.00202. The van der Waals surface area contributed by atoms with Gasteiger partial charge in [-0.15, -0.1) is 0 Å². The number of carbonyl (C=O) groups is 3. The molecule has 0 radical (unpaired) electrons. The van der Waals surface area contributed by atoms with Crippen LogP contribution in [0, 0.1) is 11.8 Å². The fraction of sp³-hybridized carbons (Fsp3) is 0.464. The number of ether oxygens (including phenoxy) is 1. The van der Waals surface area contributed by atoms with E-state index in [1.807, 2.05) is 24.3 Å². The highest BCUT2D eigenvalue weighted by Gasteiger charge is 2.46. The van der Waals surface area contributed by atoms with Crippen LogP contribution in [0.3, 0.4) is 0 Å². The van der Waals surface area contributed by atoms with E-state index in [2.05, 4.69) is 29.6 Å². The maximum absolute atomic E-state index is 13.0. The highest BCUT2D eigenvalue weighted by molar-refractivity contribution is 5.87. The Hall–Kier alpha value is -3.35. The molecule has 1 saturated heterocycles. The summed E-state index contributed by atoms with van der Waals surface area (Å²) in [7, 11) is 0. The summed E-state index contributed by atoms with van der Waals surface area (Å²) in [6.07, 6.45) is 2.99. The number of carboxylic acid groups (broad SMARTS) is 1. The van der Waals surface area contributed by atoms with Crippen LogP contribution in [0.5, 0.6) is 0 Å². The van der Waals surface area contributed by atoms with Gasteiger partial charge in [-0.25, -0.2) is 9.59 Å². The smallest absolute Gasteiger partial charge is 0.407 e. The number of nitrogens with one attached hydrogen (secondary N) is 1. The van der Waals surface area contributed by atoms with E-state index in [0.717, 1.165) is 24.0 Å². The molecule has 0 aromatic heterocycles.